The number of carbonyl (C=O) groups is 2. The van der Waals surface area contributed by atoms with E-state index in [-0.39, 0.29) is 34.9 Å². The Bertz CT molecular complexity index is 690. The second kappa shape index (κ2) is 7.95. The standard InChI is InChI=1S/C19H29N3O4S/c1-9(7-20-4)5-12-6-13(8-21-12)27-17-10(2)15-14(11(3)23)18(24)22(15)16(17)19(25)26/h5,10-15,20-21,23H,6-8H2,1-4H3,(H,25,26)/b9-5-/t10-,11-,12-,13+,14-,15-/m1/s1. The first kappa shape index (κ1) is 20.4. The zero-order valence-electron chi connectivity index (χ0n) is 16.2. The van der Waals surface area contributed by atoms with Crippen molar-refractivity contribution in [1.82, 2.24) is 15.5 Å². The monoisotopic (exact) mass is 395 g/mol. The van der Waals surface area contributed by atoms with E-state index in [4.69, 9.17) is 0 Å². The molecule has 7 nitrogen and oxygen atoms in total. The highest BCUT2D eigenvalue weighted by Crippen LogP contribution is 2.51. The molecule has 6 atom stereocenters. The van der Waals surface area contributed by atoms with Crippen LogP contribution in [0.2, 0.25) is 0 Å². The largest absolute Gasteiger partial charge is 0.477 e. The number of carbonyl (C=O) groups excluding carboxylic acids is 1. The lowest BCUT2D eigenvalue weighted by molar-refractivity contribution is -0.163. The minimum atomic E-state index is -1.06. The normalized spacial score (nSPS) is 34.7. The number of amides is 1. The summed E-state index contributed by atoms with van der Waals surface area (Å²) in [6, 6.07) is 0.0411. The molecule has 3 aliphatic heterocycles. The van der Waals surface area contributed by atoms with Gasteiger partial charge in [-0.1, -0.05) is 18.6 Å². The molecule has 0 spiro atoms. The van der Waals surface area contributed by atoms with Gasteiger partial charge in [-0.3, -0.25) is 4.79 Å². The van der Waals surface area contributed by atoms with Crippen molar-refractivity contribution in [3.05, 3.63) is 22.3 Å². The van der Waals surface area contributed by atoms with E-state index in [1.807, 2.05) is 14.0 Å². The summed E-state index contributed by atoms with van der Waals surface area (Å²) in [7, 11) is 1.92. The summed E-state index contributed by atoms with van der Waals surface area (Å²) < 4.78 is 0. The van der Waals surface area contributed by atoms with Crippen LogP contribution in [0.3, 0.4) is 0 Å². The Kier molecular flexibility index (Phi) is 6.00. The summed E-state index contributed by atoms with van der Waals surface area (Å²) >= 11 is 1.58. The second-order valence-corrected chi connectivity index (χ2v) is 9.15. The van der Waals surface area contributed by atoms with Crippen LogP contribution in [0.15, 0.2) is 22.3 Å². The maximum atomic E-state index is 12.4. The number of hydrogen-bond acceptors (Lipinski definition) is 6. The Labute approximate surface area is 164 Å². The van der Waals surface area contributed by atoms with Gasteiger partial charge in [-0.2, -0.15) is 0 Å². The van der Waals surface area contributed by atoms with E-state index in [1.54, 1.807) is 18.7 Å². The Morgan fingerprint density at radius 3 is 2.81 bits per heavy atom. The maximum absolute atomic E-state index is 12.4. The van der Waals surface area contributed by atoms with Gasteiger partial charge in [0, 0.05) is 35.2 Å². The number of carboxylic acid groups (broad SMARTS) is 1. The summed E-state index contributed by atoms with van der Waals surface area (Å²) in [6.07, 6.45) is 2.38. The number of rotatable bonds is 7. The molecule has 150 valence electrons. The van der Waals surface area contributed by atoms with Crippen molar-refractivity contribution in [3.63, 3.8) is 0 Å². The van der Waals surface area contributed by atoms with Crippen molar-refractivity contribution in [3.8, 4) is 0 Å². The Hall–Kier alpha value is -1.35. The Morgan fingerprint density at radius 2 is 2.22 bits per heavy atom. The number of fused-ring (bicyclic) bond motifs is 1. The fraction of sp³-hybridized carbons (Fsp3) is 0.684. The van der Waals surface area contributed by atoms with E-state index in [2.05, 4.69) is 23.6 Å². The van der Waals surface area contributed by atoms with Crippen molar-refractivity contribution in [2.45, 2.75) is 50.6 Å². The molecule has 3 aliphatic rings. The fourth-order valence-corrected chi connectivity index (χ4v) is 5.98. The zero-order chi connectivity index (χ0) is 19.9. The molecular weight excluding hydrogens is 366 g/mol. The van der Waals surface area contributed by atoms with Crippen LogP contribution in [0.25, 0.3) is 0 Å². The molecule has 8 heteroatoms. The van der Waals surface area contributed by atoms with E-state index >= 15 is 0 Å². The number of β-lactam (4-membered cyclic amide) rings is 1. The van der Waals surface area contributed by atoms with Gasteiger partial charge in [0.1, 0.15) is 5.70 Å². The van der Waals surface area contributed by atoms with Gasteiger partial charge >= 0.3 is 5.97 Å². The molecule has 0 radical (unpaired) electrons. The molecule has 0 aromatic carbocycles. The first-order valence-corrected chi connectivity index (χ1v) is 10.3. The second-order valence-electron chi connectivity index (χ2n) is 7.81. The molecule has 4 N–H and O–H groups in total. The van der Waals surface area contributed by atoms with Gasteiger partial charge in [0.2, 0.25) is 5.91 Å². The molecule has 2 saturated heterocycles. The van der Waals surface area contributed by atoms with E-state index in [9.17, 15) is 19.8 Å². The summed E-state index contributed by atoms with van der Waals surface area (Å²) in [5.41, 5.74) is 1.39. The molecule has 3 heterocycles. The summed E-state index contributed by atoms with van der Waals surface area (Å²) in [4.78, 5) is 26.4. The van der Waals surface area contributed by atoms with Crippen molar-refractivity contribution in [1.29, 1.82) is 0 Å². The minimum Gasteiger partial charge on any atom is -0.477 e. The van der Waals surface area contributed by atoms with Gasteiger partial charge in [0.05, 0.1) is 18.1 Å². The molecule has 0 aromatic rings. The van der Waals surface area contributed by atoms with Crippen LogP contribution in [0.5, 0.6) is 0 Å². The highest BCUT2D eigenvalue weighted by atomic mass is 32.2. The van der Waals surface area contributed by atoms with Crippen molar-refractivity contribution < 1.29 is 19.8 Å². The number of aliphatic hydroxyl groups excluding tert-OH is 1. The predicted molar refractivity (Wildman–Crippen MR) is 105 cm³/mol. The molecule has 0 bridgehead atoms. The number of aliphatic carboxylic acids is 1. The number of nitrogens with one attached hydrogen (secondary N) is 2. The smallest absolute Gasteiger partial charge is 0.353 e. The van der Waals surface area contributed by atoms with E-state index in [0.717, 1.165) is 24.4 Å². The molecule has 27 heavy (non-hydrogen) atoms. The number of likely N-dealkylation sites (N-methyl/N-ethyl adjacent to an activating group) is 1. The topological polar surface area (TPSA) is 102 Å². The van der Waals surface area contributed by atoms with Crippen molar-refractivity contribution in [2.24, 2.45) is 11.8 Å². The molecule has 0 aromatic heterocycles. The van der Waals surface area contributed by atoms with Crippen LogP contribution >= 0.6 is 11.8 Å². The van der Waals surface area contributed by atoms with E-state index in [0.29, 0.717) is 0 Å². The van der Waals surface area contributed by atoms with E-state index < -0.39 is 18.0 Å². The average Bonchev–Trinajstić information content (AvgIpc) is 3.10. The number of carboxylic acids is 1. The third kappa shape index (κ3) is 3.68. The molecule has 0 saturated carbocycles. The third-order valence-corrected chi connectivity index (χ3v) is 7.18. The van der Waals surface area contributed by atoms with Crippen LogP contribution in [-0.2, 0) is 9.59 Å². The minimum absolute atomic E-state index is 0.0704. The van der Waals surface area contributed by atoms with Gasteiger partial charge in [0.15, 0.2) is 0 Å². The number of aliphatic hydroxyl groups is 1. The molecule has 3 rings (SSSR count). The quantitative estimate of drug-likeness (QED) is 0.373. The van der Waals surface area contributed by atoms with Gasteiger partial charge in [-0.25, -0.2) is 4.79 Å². The van der Waals surface area contributed by atoms with Gasteiger partial charge in [0.25, 0.3) is 0 Å². The SMILES string of the molecule is CNC/C(C)=C\[C@@H]1C[C@H](SC2=C(C(=O)O)N3C(=O)[C@H]([C@@H](C)O)[C@H]3[C@H]2C)CN1. The Balaban J connectivity index is 1.74. The third-order valence-electron chi connectivity index (χ3n) is 5.67. The van der Waals surface area contributed by atoms with E-state index in [1.165, 1.54) is 10.5 Å². The predicted octanol–water partition coefficient (Wildman–Crippen LogP) is 0.770. The van der Waals surface area contributed by atoms with Crippen molar-refractivity contribution >= 4 is 23.6 Å². The molecule has 0 unspecified atom stereocenters. The van der Waals surface area contributed by atoms with Gasteiger partial charge in [-0.05, 0) is 27.3 Å². The van der Waals surface area contributed by atoms with Crippen LogP contribution in [0.4, 0.5) is 0 Å². The number of nitrogens with zero attached hydrogens (tertiary/aromatic N) is 1. The summed E-state index contributed by atoms with van der Waals surface area (Å²) in [5, 5.41) is 26.5. The fourth-order valence-electron chi connectivity index (χ4n) is 4.49. The maximum Gasteiger partial charge on any atom is 0.353 e. The van der Waals surface area contributed by atoms with Crippen LogP contribution in [0, 0.1) is 11.8 Å². The van der Waals surface area contributed by atoms with Gasteiger partial charge in [-0.15, -0.1) is 11.8 Å². The highest BCUT2D eigenvalue weighted by molar-refractivity contribution is 8.03. The van der Waals surface area contributed by atoms with Crippen LogP contribution in [0.1, 0.15) is 27.2 Å². The lowest BCUT2D eigenvalue weighted by Gasteiger charge is -2.46. The van der Waals surface area contributed by atoms with Crippen LogP contribution < -0.4 is 10.6 Å². The molecule has 0 aliphatic carbocycles. The average molecular weight is 396 g/mol. The lowest BCUT2D eigenvalue weighted by Crippen LogP contribution is -2.63. The first-order valence-electron chi connectivity index (χ1n) is 9.46. The Morgan fingerprint density at radius 1 is 1.52 bits per heavy atom. The lowest BCUT2D eigenvalue weighted by atomic mass is 9.79. The molecule has 1 amide bonds. The molecule has 2 fully saturated rings. The zero-order valence-corrected chi connectivity index (χ0v) is 17.0. The van der Waals surface area contributed by atoms with Crippen LogP contribution in [-0.4, -0.2) is 70.6 Å². The van der Waals surface area contributed by atoms with Crippen molar-refractivity contribution in [2.75, 3.05) is 20.1 Å². The highest BCUT2D eigenvalue weighted by Gasteiger charge is 2.60. The van der Waals surface area contributed by atoms with Gasteiger partial charge < -0.3 is 25.7 Å². The summed E-state index contributed by atoms with van der Waals surface area (Å²) in [5.74, 6) is -1.91. The first-order chi connectivity index (χ1) is 12.8. The number of thioether (sulfide) groups is 1. The molecular formula is C19H29N3O4S. The summed E-state index contributed by atoms with van der Waals surface area (Å²) in [6.45, 7) is 7.31. The number of hydrogen-bond donors (Lipinski definition) is 4.